The maximum atomic E-state index is 13.4. The quantitative estimate of drug-likeness (QED) is 0.338. The number of rotatable bonds is 6. The van der Waals surface area contributed by atoms with Gasteiger partial charge in [-0.1, -0.05) is 34.4 Å². The van der Waals surface area contributed by atoms with Gasteiger partial charge in [-0.2, -0.15) is 18.3 Å². The Morgan fingerprint density at radius 2 is 2.07 bits per heavy atom. The average Bonchev–Trinajstić information content (AvgIpc) is 3.19. The summed E-state index contributed by atoms with van der Waals surface area (Å²) in [4.78, 5) is 9.56. The molecule has 0 N–H and O–H groups in total. The van der Waals surface area contributed by atoms with Crippen molar-refractivity contribution < 1.29 is 22.7 Å². The molecule has 0 bridgehead atoms. The van der Waals surface area contributed by atoms with Crippen LogP contribution in [0.1, 0.15) is 21.7 Å². The van der Waals surface area contributed by atoms with Gasteiger partial charge in [-0.05, 0) is 24.6 Å². The third kappa shape index (κ3) is 5.20. The molecule has 6 nitrogen and oxygen atoms in total. The van der Waals surface area contributed by atoms with E-state index in [1.54, 1.807) is 25.1 Å². The van der Waals surface area contributed by atoms with Crippen LogP contribution in [0.3, 0.4) is 0 Å². The number of aryl methyl sites for hydroxylation is 2. The van der Waals surface area contributed by atoms with Crippen molar-refractivity contribution in [2.75, 3.05) is 0 Å². The second kappa shape index (κ2) is 8.60. The fraction of sp³-hybridized carbons (Fsp3) is 0.235. The van der Waals surface area contributed by atoms with Gasteiger partial charge in [-0.25, -0.2) is 9.67 Å². The van der Waals surface area contributed by atoms with Crippen LogP contribution in [0.15, 0.2) is 29.6 Å². The van der Waals surface area contributed by atoms with Crippen molar-refractivity contribution in [1.29, 1.82) is 0 Å². The molecule has 3 rings (SSSR count). The molecule has 2 heterocycles. The van der Waals surface area contributed by atoms with E-state index >= 15 is 0 Å². The van der Waals surface area contributed by atoms with Crippen LogP contribution in [0.5, 0.6) is 11.6 Å². The van der Waals surface area contributed by atoms with Crippen molar-refractivity contribution >= 4 is 40.8 Å². The summed E-state index contributed by atoms with van der Waals surface area (Å²) in [6, 6.07) is 4.94. The van der Waals surface area contributed by atoms with E-state index in [4.69, 9.17) is 32.8 Å². The molecule has 0 aliphatic carbocycles. The molecule has 0 fully saturated rings. The molecule has 154 valence electrons. The zero-order valence-electron chi connectivity index (χ0n) is 15.0. The van der Waals surface area contributed by atoms with Crippen LogP contribution in [0.4, 0.5) is 13.2 Å². The van der Waals surface area contributed by atoms with Crippen molar-refractivity contribution in [1.82, 2.24) is 14.8 Å². The number of hydrogen-bond acceptors (Lipinski definition) is 6. The fourth-order valence-corrected chi connectivity index (χ4v) is 3.35. The Labute approximate surface area is 177 Å². The molecule has 0 amide bonds. The lowest BCUT2D eigenvalue weighted by atomic mass is 10.2. The van der Waals surface area contributed by atoms with Gasteiger partial charge in [0.15, 0.2) is 16.8 Å². The van der Waals surface area contributed by atoms with Gasteiger partial charge in [0.1, 0.15) is 5.75 Å². The van der Waals surface area contributed by atoms with Crippen molar-refractivity contribution in [3.05, 3.63) is 55.6 Å². The number of thiazole rings is 1. The van der Waals surface area contributed by atoms with Crippen molar-refractivity contribution in [2.24, 2.45) is 12.2 Å². The number of hydrogen-bond donors (Lipinski definition) is 0. The Hall–Kier alpha value is -2.30. The predicted octanol–water partition coefficient (Wildman–Crippen LogP) is 5.85. The number of aromatic nitrogens is 3. The molecule has 0 saturated carbocycles. The number of benzene rings is 1. The van der Waals surface area contributed by atoms with Gasteiger partial charge in [0, 0.05) is 13.2 Å². The van der Waals surface area contributed by atoms with Crippen molar-refractivity contribution in [3.63, 3.8) is 0 Å². The van der Waals surface area contributed by atoms with Crippen LogP contribution in [0.25, 0.3) is 0 Å². The lowest BCUT2D eigenvalue weighted by Crippen LogP contribution is -2.09. The highest BCUT2D eigenvalue weighted by Crippen LogP contribution is 2.37. The van der Waals surface area contributed by atoms with Gasteiger partial charge < -0.3 is 9.57 Å². The van der Waals surface area contributed by atoms with E-state index in [-0.39, 0.29) is 28.8 Å². The number of nitrogens with zero attached hydrogens (tertiary/aromatic N) is 4. The lowest BCUT2D eigenvalue weighted by molar-refractivity contribution is -0.141. The standard InChI is InChI=1S/C17H13Cl2F3N4O2S/c1-9-3-4-12(18)13(5-9)28-15-11(14(17(20,21)22)25-26(15)2)7-24-27-8-10-6-23-16(19)29-10/h3-7H,8H2,1-2H3/b24-7+. The summed E-state index contributed by atoms with van der Waals surface area (Å²) in [5, 5.41) is 7.38. The Balaban J connectivity index is 1.90. The van der Waals surface area contributed by atoms with Gasteiger partial charge in [0.2, 0.25) is 5.88 Å². The van der Waals surface area contributed by atoms with Gasteiger partial charge in [0.05, 0.1) is 21.7 Å². The van der Waals surface area contributed by atoms with Crippen LogP contribution in [0, 0.1) is 6.92 Å². The largest absolute Gasteiger partial charge is 0.437 e. The SMILES string of the molecule is Cc1ccc(Cl)c(Oc2c(/C=N/OCc3cnc(Cl)s3)c(C(F)(F)F)nn2C)c1. The summed E-state index contributed by atoms with van der Waals surface area (Å²) < 4.78 is 47.2. The van der Waals surface area contributed by atoms with E-state index in [1.807, 2.05) is 0 Å². The second-order valence-corrected chi connectivity index (χ2v) is 7.92. The van der Waals surface area contributed by atoms with Crippen LogP contribution < -0.4 is 4.74 Å². The zero-order valence-corrected chi connectivity index (χ0v) is 17.3. The highest BCUT2D eigenvalue weighted by atomic mass is 35.5. The number of alkyl halides is 3. The molecule has 12 heteroatoms. The van der Waals surface area contributed by atoms with E-state index < -0.39 is 11.9 Å². The van der Waals surface area contributed by atoms with Crippen LogP contribution in [-0.4, -0.2) is 21.0 Å². The lowest BCUT2D eigenvalue weighted by Gasteiger charge is -2.09. The smallest absolute Gasteiger partial charge is 0.435 e. The van der Waals surface area contributed by atoms with Crippen LogP contribution >= 0.6 is 34.5 Å². The third-order valence-corrected chi connectivity index (χ3v) is 4.98. The molecule has 0 unspecified atom stereocenters. The van der Waals surface area contributed by atoms with E-state index in [0.717, 1.165) is 16.5 Å². The monoisotopic (exact) mass is 464 g/mol. The minimum Gasteiger partial charge on any atom is -0.437 e. The summed E-state index contributed by atoms with van der Waals surface area (Å²) in [6.07, 6.45) is -2.33. The van der Waals surface area contributed by atoms with E-state index in [0.29, 0.717) is 9.34 Å². The van der Waals surface area contributed by atoms with Crippen molar-refractivity contribution in [2.45, 2.75) is 19.7 Å². The molecular weight excluding hydrogens is 452 g/mol. The molecule has 0 aliphatic heterocycles. The first-order valence-electron chi connectivity index (χ1n) is 7.99. The molecule has 29 heavy (non-hydrogen) atoms. The Bertz CT molecular complexity index is 1050. The number of ether oxygens (including phenoxy) is 1. The molecule has 0 atom stereocenters. The molecule has 0 radical (unpaired) electrons. The first kappa shape index (κ1) is 21.4. The molecular formula is C17H13Cl2F3N4O2S. The van der Waals surface area contributed by atoms with Crippen molar-refractivity contribution in [3.8, 4) is 11.6 Å². The number of halogens is 5. The van der Waals surface area contributed by atoms with Gasteiger partial charge >= 0.3 is 6.18 Å². The van der Waals surface area contributed by atoms with Crippen LogP contribution in [-0.2, 0) is 24.7 Å². The van der Waals surface area contributed by atoms with Gasteiger partial charge in [0.25, 0.3) is 0 Å². The Morgan fingerprint density at radius 1 is 1.31 bits per heavy atom. The normalized spacial score (nSPS) is 12.0. The van der Waals surface area contributed by atoms with E-state index in [2.05, 4.69) is 15.2 Å². The minimum absolute atomic E-state index is 0.00238. The second-order valence-electron chi connectivity index (χ2n) is 5.81. The Kier molecular flexibility index (Phi) is 6.35. The van der Waals surface area contributed by atoms with E-state index in [1.165, 1.54) is 24.6 Å². The van der Waals surface area contributed by atoms with E-state index in [9.17, 15) is 13.2 Å². The summed E-state index contributed by atoms with van der Waals surface area (Å²) in [7, 11) is 1.33. The molecule has 2 aromatic heterocycles. The van der Waals surface area contributed by atoms with Gasteiger partial charge in [-0.3, -0.25) is 0 Å². The molecule has 0 aliphatic rings. The van der Waals surface area contributed by atoms with Gasteiger partial charge in [-0.15, -0.1) is 11.3 Å². The zero-order chi connectivity index (χ0) is 21.2. The first-order valence-corrected chi connectivity index (χ1v) is 9.56. The summed E-state index contributed by atoms with van der Waals surface area (Å²) in [5.41, 5.74) is -0.726. The maximum Gasteiger partial charge on any atom is 0.435 e. The maximum absolute atomic E-state index is 13.4. The van der Waals surface area contributed by atoms with Crippen LogP contribution in [0.2, 0.25) is 9.49 Å². The predicted molar refractivity (Wildman–Crippen MR) is 104 cm³/mol. The topological polar surface area (TPSA) is 61.5 Å². The summed E-state index contributed by atoms with van der Waals surface area (Å²) in [6.45, 7) is 1.80. The summed E-state index contributed by atoms with van der Waals surface area (Å²) >= 11 is 13.0. The molecule has 3 aromatic rings. The molecule has 0 saturated heterocycles. The first-order chi connectivity index (χ1) is 13.6. The third-order valence-electron chi connectivity index (χ3n) is 3.58. The molecule has 0 spiro atoms. The molecule has 1 aromatic carbocycles. The average molecular weight is 465 g/mol. The highest BCUT2D eigenvalue weighted by Gasteiger charge is 2.39. The summed E-state index contributed by atoms with van der Waals surface area (Å²) in [5.74, 6) is 0.0104. The Morgan fingerprint density at radius 3 is 2.72 bits per heavy atom. The highest BCUT2D eigenvalue weighted by molar-refractivity contribution is 7.15. The minimum atomic E-state index is -4.72. The number of oxime groups is 1. The fourth-order valence-electron chi connectivity index (χ4n) is 2.31.